The Morgan fingerprint density at radius 1 is 1.16 bits per heavy atom. The molecule has 0 amide bonds. The molecule has 2 heterocycles. The van der Waals surface area contributed by atoms with Crippen LogP contribution in [0.15, 0.2) is 24.3 Å². The molecule has 106 valence electrons. The van der Waals surface area contributed by atoms with E-state index in [1.54, 1.807) is 18.2 Å². The summed E-state index contributed by atoms with van der Waals surface area (Å²) in [4.78, 5) is 0. The van der Waals surface area contributed by atoms with Crippen LogP contribution in [-0.4, -0.2) is 55.5 Å². The van der Waals surface area contributed by atoms with Crippen molar-refractivity contribution in [2.45, 2.75) is 18.6 Å². The number of aliphatic hydroxyl groups excluding tert-OH is 1. The molecule has 1 aromatic carbocycles. The molecule has 5 heteroatoms. The molecule has 19 heavy (non-hydrogen) atoms. The number of aliphatic hydroxyl groups is 1. The summed E-state index contributed by atoms with van der Waals surface area (Å²) in [6.45, 7) is 3.39. The van der Waals surface area contributed by atoms with Crippen LogP contribution in [0.25, 0.3) is 0 Å². The predicted molar refractivity (Wildman–Crippen MR) is 69.2 cm³/mol. The number of aromatic hydroxyl groups is 1. The number of epoxide rings is 2. The minimum absolute atomic E-state index is 0.128. The van der Waals surface area contributed by atoms with Gasteiger partial charge in [0, 0.05) is 6.61 Å². The van der Waals surface area contributed by atoms with Crippen LogP contribution in [0.5, 0.6) is 5.75 Å². The molecule has 5 nitrogen and oxygen atoms in total. The van der Waals surface area contributed by atoms with Crippen molar-refractivity contribution >= 4 is 0 Å². The van der Waals surface area contributed by atoms with Crippen LogP contribution in [0.4, 0.5) is 0 Å². The molecule has 2 aliphatic rings. The number of benzene rings is 1. The molecule has 2 atom stereocenters. The molecule has 2 fully saturated rings. The summed E-state index contributed by atoms with van der Waals surface area (Å²) in [5.41, 5.74) is 0.961. The van der Waals surface area contributed by atoms with Crippen LogP contribution in [0, 0.1) is 0 Å². The molecule has 1 aromatic rings. The Morgan fingerprint density at radius 2 is 1.79 bits per heavy atom. The Kier molecular flexibility index (Phi) is 5.60. The normalized spacial score (nSPS) is 23.4. The van der Waals surface area contributed by atoms with E-state index in [2.05, 4.69) is 0 Å². The Hall–Kier alpha value is -1.14. The van der Waals surface area contributed by atoms with Crippen molar-refractivity contribution in [1.29, 1.82) is 0 Å². The minimum atomic E-state index is 0.128. The molecular formula is C14H20O5. The molecule has 2 aliphatic heterocycles. The van der Waals surface area contributed by atoms with E-state index >= 15 is 0 Å². The summed E-state index contributed by atoms with van der Waals surface area (Å²) in [6, 6.07) is 6.90. The fourth-order valence-corrected chi connectivity index (χ4v) is 1.50. The Morgan fingerprint density at radius 3 is 2.26 bits per heavy atom. The molecule has 0 aliphatic carbocycles. The van der Waals surface area contributed by atoms with Crippen LogP contribution in [-0.2, 0) is 20.6 Å². The van der Waals surface area contributed by atoms with Gasteiger partial charge in [-0.25, -0.2) is 0 Å². The molecule has 0 aromatic heterocycles. The maximum Gasteiger partial charge on any atom is 0.115 e. The molecule has 0 spiro atoms. The summed E-state index contributed by atoms with van der Waals surface area (Å²) in [6.07, 6.45) is 1.39. The highest BCUT2D eigenvalue weighted by Crippen LogP contribution is 2.12. The summed E-state index contributed by atoms with van der Waals surface area (Å²) in [5, 5.41) is 17.5. The van der Waals surface area contributed by atoms with Crippen LogP contribution >= 0.6 is 0 Å². The van der Waals surface area contributed by atoms with Gasteiger partial charge in [-0.1, -0.05) is 12.1 Å². The third kappa shape index (κ3) is 6.54. The molecule has 0 bridgehead atoms. The molecule has 0 saturated carbocycles. The quantitative estimate of drug-likeness (QED) is 0.744. The summed E-state index contributed by atoms with van der Waals surface area (Å²) in [7, 11) is 0. The molecule has 2 N–H and O–H groups in total. The van der Waals surface area contributed by atoms with E-state index in [1.807, 2.05) is 6.07 Å². The lowest BCUT2D eigenvalue weighted by Gasteiger charge is -1.96. The number of hydrogen-bond acceptors (Lipinski definition) is 5. The number of phenolic OH excluding ortho intramolecular Hbond substituents is 1. The van der Waals surface area contributed by atoms with Crippen molar-refractivity contribution in [2.24, 2.45) is 0 Å². The lowest BCUT2D eigenvalue weighted by Crippen LogP contribution is -2.06. The first-order valence-electron chi connectivity index (χ1n) is 6.47. The zero-order valence-corrected chi connectivity index (χ0v) is 10.8. The van der Waals surface area contributed by atoms with Gasteiger partial charge >= 0.3 is 0 Å². The first kappa shape index (κ1) is 14.3. The van der Waals surface area contributed by atoms with E-state index in [9.17, 15) is 0 Å². The Balaban J connectivity index is 0.000000141. The maximum atomic E-state index is 8.96. The second-order valence-electron chi connectivity index (χ2n) is 4.59. The van der Waals surface area contributed by atoms with Gasteiger partial charge in [-0.15, -0.1) is 0 Å². The molecule has 2 unspecified atom stereocenters. The molecule has 3 rings (SSSR count). The van der Waals surface area contributed by atoms with Gasteiger partial charge in [0.15, 0.2) is 0 Å². The number of ether oxygens (including phenoxy) is 3. The van der Waals surface area contributed by atoms with Gasteiger partial charge in [-0.05, 0) is 24.1 Å². The number of phenols is 1. The lowest BCUT2D eigenvalue weighted by atomic mass is 10.1. The number of hydrogen-bond donors (Lipinski definition) is 2. The Labute approximate surface area is 112 Å². The van der Waals surface area contributed by atoms with Crippen molar-refractivity contribution in [3.05, 3.63) is 29.8 Å². The van der Waals surface area contributed by atoms with Crippen LogP contribution < -0.4 is 0 Å². The first-order chi connectivity index (χ1) is 9.28. The van der Waals surface area contributed by atoms with E-state index in [0.29, 0.717) is 18.6 Å². The van der Waals surface area contributed by atoms with Crippen LogP contribution in [0.1, 0.15) is 5.56 Å². The van der Waals surface area contributed by atoms with Crippen LogP contribution in [0.2, 0.25) is 0 Å². The smallest absolute Gasteiger partial charge is 0.115 e. The fraction of sp³-hybridized carbons (Fsp3) is 0.571. The van der Waals surface area contributed by atoms with Crippen molar-refractivity contribution in [2.75, 3.05) is 33.0 Å². The highest BCUT2D eigenvalue weighted by molar-refractivity contribution is 5.27. The summed E-state index contributed by atoms with van der Waals surface area (Å²) >= 11 is 0. The largest absolute Gasteiger partial charge is 0.508 e. The predicted octanol–water partition coefficient (Wildman–Crippen LogP) is 0.728. The minimum Gasteiger partial charge on any atom is -0.508 e. The zero-order chi connectivity index (χ0) is 13.5. The van der Waals surface area contributed by atoms with E-state index < -0.39 is 0 Å². The van der Waals surface area contributed by atoms with Gasteiger partial charge in [0.25, 0.3) is 0 Å². The zero-order valence-electron chi connectivity index (χ0n) is 10.8. The van der Waals surface area contributed by atoms with Gasteiger partial charge in [-0.2, -0.15) is 0 Å². The second kappa shape index (κ2) is 7.45. The number of rotatable bonds is 6. The summed E-state index contributed by atoms with van der Waals surface area (Å²) < 4.78 is 15.1. The average molecular weight is 268 g/mol. The average Bonchev–Trinajstić information content (AvgIpc) is 3.25. The highest BCUT2D eigenvalue weighted by Gasteiger charge is 2.26. The monoisotopic (exact) mass is 268 g/mol. The van der Waals surface area contributed by atoms with Gasteiger partial charge < -0.3 is 24.4 Å². The highest BCUT2D eigenvalue weighted by atomic mass is 16.6. The van der Waals surface area contributed by atoms with Gasteiger partial charge in [0.1, 0.15) is 18.0 Å². The molecule has 0 radical (unpaired) electrons. The Bertz CT molecular complexity index is 362. The van der Waals surface area contributed by atoms with Crippen LogP contribution in [0.3, 0.4) is 0 Å². The lowest BCUT2D eigenvalue weighted by molar-refractivity contribution is 0.102. The third-order valence-corrected chi connectivity index (χ3v) is 2.72. The molecule has 2 saturated heterocycles. The van der Waals surface area contributed by atoms with E-state index in [1.165, 1.54) is 0 Å². The van der Waals surface area contributed by atoms with E-state index in [0.717, 1.165) is 32.0 Å². The van der Waals surface area contributed by atoms with Gasteiger partial charge in [-0.3, -0.25) is 0 Å². The summed E-state index contributed by atoms with van der Waals surface area (Å²) in [5.74, 6) is 0.256. The topological polar surface area (TPSA) is 74.8 Å². The van der Waals surface area contributed by atoms with Crippen molar-refractivity contribution < 1.29 is 24.4 Å². The SMILES string of the molecule is C(OCC1CO1)C1CO1.OCCc1cccc(O)c1. The molecular weight excluding hydrogens is 248 g/mol. The van der Waals surface area contributed by atoms with E-state index in [-0.39, 0.29) is 12.4 Å². The maximum absolute atomic E-state index is 8.96. The van der Waals surface area contributed by atoms with E-state index in [4.69, 9.17) is 24.4 Å². The van der Waals surface area contributed by atoms with Crippen molar-refractivity contribution in [3.63, 3.8) is 0 Å². The fourth-order valence-electron chi connectivity index (χ4n) is 1.50. The first-order valence-corrected chi connectivity index (χ1v) is 6.47. The van der Waals surface area contributed by atoms with Gasteiger partial charge in [0.05, 0.1) is 26.4 Å². The van der Waals surface area contributed by atoms with Crippen molar-refractivity contribution in [1.82, 2.24) is 0 Å². The third-order valence-electron chi connectivity index (χ3n) is 2.72. The van der Waals surface area contributed by atoms with Gasteiger partial charge in [0.2, 0.25) is 0 Å². The second-order valence-corrected chi connectivity index (χ2v) is 4.59. The van der Waals surface area contributed by atoms with Crippen molar-refractivity contribution in [3.8, 4) is 5.75 Å². The standard InChI is InChI=1S/C8H10O2.C6H10O3/c9-5-4-7-2-1-3-8(10)6-7;1(5-3-8-5)7-2-6-4-9-6/h1-3,6,9-10H,4-5H2;5-6H,1-4H2.